The molecule has 4 heterocycles. The van der Waals surface area contributed by atoms with E-state index in [0.717, 1.165) is 72.9 Å². The number of aromatic hydroxyl groups is 1. The van der Waals surface area contributed by atoms with Crippen LogP contribution in [0.4, 0.5) is 38.9 Å². The monoisotopic (exact) mass is 1810 g/mol. The Kier molecular flexibility index (Phi) is 25.3. The normalized spacial score (nSPS) is 24.4. The average molecular weight is 1810 g/mol. The van der Waals surface area contributed by atoms with Gasteiger partial charge in [0.25, 0.3) is 0 Å². The lowest BCUT2D eigenvalue weighted by Gasteiger charge is -2.64. The van der Waals surface area contributed by atoms with Crippen molar-refractivity contribution < 1.29 is 91.9 Å². The summed E-state index contributed by atoms with van der Waals surface area (Å²) in [5.74, 6) is -1.87. The molecule has 10 atom stereocenters. The summed E-state index contributed by atoms with van der Waals surface area (Å²) < 4.78 is 46.2. The third-order valence-corrected chi connectivity index (χ3v) is 27.6. The fraction of sp³-hybridized carbons (Fsp3) is 0.415. The topological polar surface area (TPSA) is 308 Å². The molecule has 2 spiro atoms. The van der Waals surface area contributed by atoms with Crippen molar-refractivity contribution in [3.63, 3.8) is 0 Å². The Morgan fingerprint density at radius 1 is 0.492 bits per heavy atom. The summed E-state index contributed by atoms with van der Waals surface area (Å²) in [7, 11) is 0. The van der Waals surface area contributed by atoms with Crippen molar-refractivity contribution in [2.45, 2.75) is 188 Å². The zero-order valence-corrected chi connectivity index (χ0v) is 73.2. The number of para-hydroxylation sites is 6. The molecule has 24 nitrogen and oxygen atoms in total. The van der Waals surface area contributed by atoms with E-state index < -0.39 is 114 Å². The molecule has 6 fully saturated rings. The maximum Gasteiger partial charge on any atom is 0.419 e. The lowest BCUT2D eigenvalue weighted by molar-refractivity contribution is -0.217. The SMILES string of the molecule is CC(C)(C)OC(=O)N(c1ccccc1CC(=O)OCC(=O)O)c1c(Cl)cccc1Cl.Cc1ccc2c3c1OC1C(OC(=O)COC(=O)Cc4ccccc4Nc4c(Cl)cccc4Cl)CC[C@@]4(O)[C@@H](C2)N(CC2CC2)CC[C@]314.O=C(Cc1ccccc1Nc1c(Cl)cccc1Cl)OCC(=O)O[C@@H]1CC[C@@]2(O)[C@H]3Cc4ccc(O)c5c4[C@@]2(CCN3CC2CC2)C1O5. The molecule has 652 valence electrons. The highest BCUT2D eigenvalue weighted by Gasteiger charge is 2.75. The summed E-state index contributed by atoms with van der Waals surface area (Å²) in [4.78, 5) is 94.2. The minimum atomic E-state index is -1.27. The number of esters is 5. The highest BCUT2D eigenvalue weighted by Crippen LogP contribution is 2.68. The molecule has 4 saturated carbocycles. The van der Waals surface area contributed by atoms with Crippen LogP contribution in [0.5, 0.6) is 17.2 Å². The van der Waals surface area contributed by atoms with Crippen molar-refractivity contribution >= 4 is 146 Å². The average Bonchev–Trinajstić information content (AvgIpc) is 1.46. The molecule has 6 N–H and O–H groups in total. The summed E-state index contributed by atoms with van der Waals surface area (Å²) in [6.07, 6.45) is 6.08. The molecule has 4 aliphatic heterocycles. The molecule has 4 bridgehead atoms. The second-order valence-corrected chi connectivity index (χ2v) is 37.1. The van der Waals surface area contributed by atoms with Crippen LogP contribution in [0.2, 0.25) is 30.1 Å². The Labute approximate surface area is 747 Å². The summed E-state index contributed by atoms with van der Waals surface area (Å²) in [6.45, 7) is 9.04. The lowest BCUT2D eigenvalue weighted by Crippen LogP contribution is -2.77. The summed E-state index contributed by atoms with van der Waals surface area (Å²) in [5.41, 5.74) is 5.54. The molecule has 30 heteroatoms. The zero-order chi connectivity index (χ0) is 87.5. The van der Waals surface area contributed by atoms with E-state index in [1.165, 1.54) is 36.1 Å². The van der Waals surface area contributed by atoms with Crippen LogP contribution in [0.3, 0.4) is 0 Å². The number of hydrogen-bond acceptors (Lipinski definition) is 22. The molecule has 0 radical (unpaired) electrons. The van der Waals surface area contributed by atoms with E-state index in [1.54, 1.807) is 130 Å². The second kappa shape index (κ2) is 35.7. The van der Waals surface area contributed by atoms with Crippen LogP contribution in [-0.2, 0) is 100 Å². The number of aliphatic carboxylic acids is 1. The van der Waals surface area contributed by atoms with Gasteiger partial charge >= 0.3 is 41.9 Å². The van der Waals surface area contributed by atoms with Crippen LogP contribution >= 0.6 is 69.6 Å². The minimum absolute atomic E-state index is 0.00743. The lowest BCUT2D eigenvalue weighted by atomic mass is 9.48. The maximum absolute atomic E-state index is 13.2. The minimum Gasteiger partial charge on any atom is -0.504 e. The predicted molar refractivity (Wildman–Crippen MR) is 468 cm³/mol. The summed E-state index contributed by atoms with van der Waals surface area (Å²) in [5, 5.41) is 53.4. The number of phenols is 1. The number of piperidine rings is 2. The molecule has 8 aromatic carbocycles. The van der Waals surface area contributed by atoms with E-state index in [4.69, 9.17) is 113 Å². The zero-order valence-electron chi connectivity index (χ0n) is 68.6. The number of carbonyl (C=O) groups excluding carboxylic acids is 6. The molecule has 18 rings (SSSR count). The van der Waals surface area contributed by atoms with E-state index in [0.29, 0.717) is 115 Å². The summed E-state index contributed by atoms with van der Waals surface area (Å²) in [6, 6.07) is 44.0. The Balaban J connectivity index is 0.000000142. The highest BCUT2D eigenvalue weighted by molar-refractivity contribution is 6.41. The smallest absolute Gasteiger partial charge is 0.419 e. The number of aliphatic hydroxyl groups is 2. The van der Waals surface area contributed by atoms with Crippen LogP contribution in [0.15, 0.2) is 152 Å². The number of hydrogen-bond donors (Lipinski definition) is 6. The maximum atomic E-state index is 13.2. The Hall–Kier alpha value is -9.57. The number of anilines is 6. The first-order chi connectivity index (χ1) is 59.3. The molecule has 1 amide bonds. The molecule has 8 aromatic rings. The first-order valence-electron chi connectivity index (χ1n) is 41.8. The quantitative estimate of drug-likeness (QED) is 0.0242. The second-order valence-electron chi connectivity index (χ2n) is 34.7. The number of benzene rings is 8. The molecule has 124 heavy (non-hydrogen) atoms. The number of aryl methyl sites for hydroxylation is 1. The third kappa shape index (κ3) is 17.4. The van der Waals surface area contributed by atoms with Gasteiger partial charge in [-0.25, -0.2) is 24.1 Å². The first-order valence-corrected chi connectivity index (χ1v) is 44.1. The number of nitrogens with one attached hydrogen (secondary N) is 2. The van der Waals surface area contributed by atoms with Crippen LogP contribution in [-0.4, -0.2) is 171 Å². The number of carboxylic acid groups (broad SMARTS) is 1. The van der Waals surface area contributed by atoms with Crippen molar-refractivity contribution in [1.29, 1.82) is 0 Å². The van der Waals surface area contributed by atoms with Crippen LogP contribution < -0.4 is 25.0 Å². The molecular weight excluding hydrogens is 1720 g/mol. The van der Waals surface area contributed by atoms with Gasteiger partial charge in [0.2, 0.25) is 0 Å². The summed E-state index contributed by atoms with van der Waals surface area (Å²) >= 11 is 38.0. The van der Waals surface area contributed by atoms with Gasteiger partial charge in [0.15, 0.2) is 31.3 Å². The van der Waals surface area contributed by atoms with E-state index in [2.05, 4.69) is 32.6 Å². The van der Waals surface area contributed by atoms with Crippen molar-refractivity contribution in [3.05, 3.63) is 226 Å². The first kappa shape index (κ1) is 87.9. The predicted octanol–water partition coefficient (Wildman–Crippen LogP) is 17.2. The third-order valence-electron chi connectivity index (χ3n) is 25.7. The Morgan fingerprint density at radius 3 is 1.36 bits per heavy atom. The molecule has 0 aromatic heterocycles. The van der Waals surface area contributed by atoms with Gasteiger partial charge in [-0.3, -0.25) is 24.2 Å². The number of rotatable bonds is 24. The fourth-order valence-electron chi connectivity index (χ4n) is 20.0. The van der Waals surface area contributed by atoms with Gasteiger partial charge in [-0.1, -0.05) is 161 Å². The van der Waals surface area contributed by atoms with Gasteiger partial charge in [-0.05, 0) is 224 Å². The number of amides is 1. The van der Waals surface area contributed by atoms with Crippen LogP contribution in [0, 0.1) is 18.8 Å². The van der Waals surface area contributed by atoms with Gasteiger partial charge in [0, 0.05) is 47.7 Å². The van der Waals surface area contributed by atoms with Gasteiger partial charge in [-0.15, -0.1) is 0 Å². The van der Waals surface area contributed by atoms with Gasteiger partial charge < -0.3 is 69.0 Å². The van der Waals surface area contributed by atoms with Crippen LogP contribution in [0.25, 0.3) is 0 Å². The van der Waals surface area contributed by atoms with Crippen LogP contribution in [0.1, 0.15) is 129 Å². The van der Waals surface area contributed by atoms with Crippen molar-refractivity contribution in [2.24, 2.45) is 11.8 Å². The van der Waals surface area contributed by atoms with Crippen molar-refractivity contribution in [3.8, 4) is 17.2 Å². The Morgan fingerprint density at radius 2 is 0.903 bits per heavy atom. The van der Waals surface area contributed by atoms with E-state index in [1.807, 2.05) is 37.3 Å². The highest BCUT2D eigenvalue weighted by atomic mass is 35.5. The van der Waals surface area contributed by atoms with Gasteiger partial charge in [0.1, 0.15) is 35.8 Å². The van der Waals surface area contributed by atoms with Gasteiger partial charge in [0.05, 0.1) is 94.2 Å². The number of halogens is 6. The number of carboxylic acids is 1. The molecule has 6 aliphatic carbocycles. The largest absolute Gasteiger partial charge is 0.504 e. The number of phenolic OH excluding ortho intramolecular Hbond substituents is 1. The van der Waals surface area contributed by atoms with E-state index in [9.17, 15) is 48.9 Å². The van der Waals surface area contributed by atoms with E-state index >= 15 is 0 Å². The van der Waals surface area contributed by atoms with Crippen molar-refractivity contribution in [1.82, 2.24) is 9.80 Å². The van der Waals surface area contributed by atoms with E-state index in [-0.39, 0.29) is 52.8 Å². The molecule has 2 saturated heterocycles. The molecule has 10 aliphatic rings. The fourth-order valence-corrected chi connectivity index (χ4v) is 21.6. The Bertz CT molecular complexity index is 5200. The molecule has 3 unspecified atom stereocenters. The number of likely N-dealkylation sites (tertiary alicyclic amines) is 2. The number of ether oxygens (including phenoxy) is 8. The van der Waals surface area contributed by atoms with Gasteiger partial charge in [-0.2, -0.15) is 0 Å². The molecular formula is C94H95Cl6N5O19. The number of nitrogens with zero attached hydrogens (tertiary/aromatic N) is 3. The number of carbonyl (C=O) groups is 7. The standard InChI is InChI=1S/C37H38Cl2N2O6.C36H36Cl2N2O7.C21H21Cl2NO6/c1-21-9-12-24-17-29-37(44)14-13-28(35-36(37,32(24)34(21)47-35)15-16-41(29)19-22-10-11-22)46-31(43)20-45-30(42)18-23-5-2-3-8-27(23)40-33-25(38)6-4-7-26(33)39;37-23-5-3-6-24(38)32(23)39-25-7-2-1-4-21(25)17-29(42)45-19-30(43)46-27-12-13-36(44)28-16-22-10-11-26(41)33-31(22)35(36,34(27)47-33)14-15-40(28)18-20-8-9-20;1-21(2,3)30-20(28)24(19-14(22)8-6-9-15(19)23)16-10-5-4-7-13(16)11-18(27)29-12-17(25)26/h2-9,12,22,28-29,35,40,44H,10-11,13-20H2,1H3;1-7,10-11,20,27-28,34,39,41,44H,8-9,12-19H2;4-10H,11-12H2,1-3H3,(H,25,26)/t28?,29-,35?,36+,37-;27-,28-,34?,35+,36-;/m11./s1. The van der Waals surface area contributed by atoms with Crippen molar-refractivity contribution in [2.75, 3.05) is 61.5 Å².